The minimum atomic E-state index is 0.0363. The summed E-state index contributed by atoms with van der Waals surface area (Å²) in [5.41, 5.74) is 9.01. The number of hydrogen-bond acceptors (Lipinski definition) is 3. The Balaban J connectivity index is 2.51. The molecule has 0 saturated carbocycles. The second-order valence-corrected chi connectivity index (χ2v) is 5.32. The maximum atomic E-state index is 11.1. The van der Waals surface area contributed by atoms with Crippen LogP contribution < -0.4 is 5.73 Å². The molecule has 3 nitrogen and oxygen atoms in total. The molecule has 0 amide bonds. The van der Waals surface area contributed by atoms with Crippen LogP contribution in [-0.4, -0.2) is 12.0 Å². The van der Waals surface area contributed by atoms with E-state index in [4.69, 9.17) is 22.7 Å². The van der Waals surface area contributed by atoms with Crippen molar-refractivity contribution in [3.8, 4) is 0 Å². The summed E-state index contributed by atoms with van der Waals surface area (Å²) in [4.78, 5) is 11.1. The Hall–Kier alpha value is -2.39. The van der Waals surface area contributed by atoms with Crippen LogP contribution in [0.15, 0.2) is 54.2 Å². The monoisotopic (exact) mass is 312 g/mol. The topological polar surface area (TPSA) is 66.9 Å². The summed E-state index contributed by atoms with van der Waals surface area (Å²) in [5.74, 6) is 0. The van der Waals surface area contributed by atoms with Crippen molar-refractivity contribution in [2.24, 2.45) is 5.73 Å². The molecule has 2 aromatic rings. The van der Waals surface area contributed by atoms with Gasteiger partial charge in [-0.2, -0.15) is 0 Å². The number of aryl methyl sites for hydroxylation is 1. The smallest absolute Gasteiger partial charge is 0.166 e. The molecule has 0 aliphatic rings. The van der Waals surface area contributed by atoms with Gasteiger partial charge in [0, 0.05) is 16.2 Å². The van der Waals surface area contributed by atoms with E-state index in [9.17, 15) is 4.79 Å². The van der Waals surface area contributed by atoms with E-state index in [0.29, 0.717) is 22.4 Å². The first kappa shape index (κ1) is 16.0. The van der Waals surface area contributed by atoms with E-state index in [-0.39, 0.29) is 11.4 Å². The van der Waals surface area contributed by atoms with Crippen LogP contribution >= 0.6 is 11.6 Å². The number of nitrogens with two attached hydrogens (primary N) is 1. The van der Waals surface area contributed by atoms with E-state index in [0.717, 1.165) is 12.0 Å². The Bertz CT molecular complexity index is 733. The van der Waals surface area contributed by atoms with Crippen LogP contribution in [0.3, 0.4) is 0 Å². The first-order valence-corrected chi connectivity index (χ1v) is 7.33. The number of rotatable bonds is 5. The molecule has 0 aliphatic heterocycles. The van der Waals surface area contributed by atoms with E-state index in [1.165, 1.54) is 5.56 Å². The summed E-state index contributed by atoms with van der Waals surface area (Å²) in [6.45, 7) is 2.07. The van der Waals surface area contributed by atoms with Crippen molar-refractivity contribution >= 4 is 29.2 Å². The van der Waals surface area contributed by atoms with Crippen LogP contribution in [0.5, 0.6) is 0 Å². The van der Waals surface area contributed by atoms with Crippen molar-refractivity contribution in [1.29, 1.82) is 5.41 Å². The molecule has 0 radical (unpaired) electrons. The molecule has 0 aliphatic carbocycles. The third kappa shape index (κ3) is 3.43. The van der Waals surface area contributed by atoms with Crippen molar-refractivity contribution in [1.82, 2.24) is 0 Å². The molecule has 22 heavy (non-hydrogen) atoms. The molecule has 0 saturated heterocycles. The number of allylic oxidation sites excluding steroid dienone is 2. The SMILES string of the molecule is CCc1ccc(/C(C(=N)c2cccc(Cl)c2)=C(/N)C=O)cc1. The number of halogens is 1. The summed E-state index contributed by atoms with van der Waals surface area (Å²) >= 11 is 5.98. The van der Waals surface area contributed by atoms with Gasteiger partial charge >= 0.3 is 0 Å². The van der Waals surface area contributed by atoms with Crippen LogP contribution in [0.1, 0.15) is 23.6 Å². The Morgan fingerprint density at radius 1 is 1.18 bits per heavy atom. The molecule has 4 heteroatoms. The maximum absolute atomic E-state index is 11.1. The second kappa shape index (κ2) is 7.05. The molecule has 0 fully saturated rings. The summed E-state index contributed by atoms with van der Waals surface area (Å²) in [5, 5.41) is 8.93. The largest absolute Gasteiger partial charge is 0.396 e. The average molecular weight is 313 g/mol. The lowest BCUT2D eigenvalue weighted by molar-refractivity contribution is -0.104. The van der Waals surface area contributed by atoms with E-state index < -0.39 is 0 Å². The fourth-order valence-electron chi connectivity index (χ4n) is 2.21. The van der Waals surface area contributed by atoms with Gasteiger partial charge in [-0.3, -0.25) is 10.2 Å². The van der Waals surface area contributed by atoms with Crippen LogP contribution in [0.4, 0.5) is 0 Å². The molecule has 0 heterocycles. The predicted octanol–water partition coefficient (Wildman–Crippen LogP) is 3.84. The minimum Gasteiger partial charge on any atom is -0.396 e. The number of carbonyl (C=O) groups is 1. The van der Waals surface area contributed by atoms with Crippen LogP contribution in [0.25, 0.3) is 5.57 Å². The summed E-state index contributed by atoms with van der Waals surface area (Å²) in [7, 11) is 0. The van der Waals surface area contributed by atoms with Crippen molar-refractivity contribution in [2.45, 2.75) is 13.3 Å². The van der Waals surface area contributed by atoms with E-state index >= 15 is 0 Å². The lowest BCUT2D eigenvalue weighted by Crippen LogP contribution is -2.12. The van der Waals surface area contributed by atoms with Crippen LogP contribution in [0, 0.1) is 5.41 Å². The third-order valence-electron chi connectivity index (χ3n) is 3.43. The van der Waals surface area contributed by atoms with Gasteiger partial charge in [-0.15, -0.1) is 0 Å². The van der Waals surface area contributed by atoms with Gasteiger partial charge < -0.3 is 5.73 Å². The highest BCUT2D eigenvalue weighted by Gasteiger charge is 2.15. The Morgan fingerprint density at radius 2 is 1.86 bits per heavy atom. The Kier molecular flexibility index (Phi) is 5.12. The third-order valence-corrected chi connectivity index (χ3v) is 3.66. The van der Waals surface area contributed by atoms with Crippen LogP contribution in [0.2, 0.25) is 5.02 Å². The zero-order valence-electron chi connectivity index (χ0n) is 12.3. The summed E-state index contributed by atoms with van der Waals surface area (Å²) < 4.78 is 0. The maximum Gasteiger partial charge on any atom is 0.166 e. The fraction of sp³-hybridized carbons (Fsp3) is 0.111. The number of benzene rings is 2. The fourth-order valence-corrected chi connectivity index (χ4v) is 2.40. The first-order valence-electron chi connectivity index (χ1n) is 6.96. The van der Waals surface area contributed by atoms with Crippen molar-refractivity contribution in [3.63, 3.8) is 0 Å². The van der Waals surface area contributed by atoms with Crippen molar-refractivity contribution in [3.05, 3.63) is 75.9 Å². The molecule has 0 atom stereocenters. The zero-order valence-corrected chi connectivity index (χ0v) is 13.0. The summed E-state index contributed by atoms with van der Waals surface area (Å²) in [6, 6.07) is 14.7. The standard InChI is InChI=1S/C18H17ClN2O/c1-2-12-6-8-13(9-7-12)17(16(20)11-22)18(21)14-4-3-5-15(19)10-14/h3-11,21H,2,20H2,1H3/b17-16-,21-18?. The van der Waals surface area contributed by atoms with E-state index in [2.05, 4.69) is 6.92 Å². The molecular weight excluding hydrogens is 296 g/mol. The van der Waals surface area contributed by atoms with Gasteiger partial charge in [0.2, 0.25) is 0 Å². The van der Waals surface area contributed by atoms with Gasteiger partial charge in [0.15, 0.2) is 6.29 Å². The number of carbonyl (C=O) groups excluding carboxylic acids is 1. The number of hydrogen-bond donors (Lipinski definition) is 2. The molecule has 2 aromatic carbocycles. The van der Waals surface area contributed by atoms with Crippen molar-refractivity contribution in [2.75, 3.05) is 0 Å². The van der Waals surface area contributed by atoms with Gasteiger partial charge in [0.25, 0.3) is 0 Å². The Morgan fingerprint density at radius 3 is 2.41 bits per heavy atom. The normalized spacial score (nSPS) is 11.7. The quantitative estimate of drug-likeness (QED) is 0.500. The van der Waals surface area contributed by atoms with Crippen LogP contribution in [-0.2, 0) is 11.2 Å². The average Bonchev–Trinajstić information content (AvgIpc) is 2.55. The highest BCUT2D eigenvalue weighted by Crippen LogP contribution is 2.23. The highest BCUT2D eigenvalue weighted by molar-refractivity contribution is 6.35. The molecule has 2 rings (SSSR count). The predicted molar refractivity (Wildman–Crippen MR) is 91.3 cm³/mol. The molecule has 3 N–H and O–H groups in total. The number of aldehydes is 1. The highest BCUT2D eigenvalue weighted by atomic mass is 35.5. The zero-order chi connectivity index (χ0) is 16.1. The van der Waals surface area contributed by atoms with Gasteiger partial charge in [-0.25, -0.2) is 0 Å². The molecule has 0 bridgehead atoms. The first-order chi connectivity index (χ1) is 10.6. The number of nitrogens with one attached hydrogen (secondary N) is 1. The molecule has 0 aromatic heterocycles. The lowest BCUT2D eigenvalue weighted by Gasteiger charge is -2.12. The van der Waals surface area contributed by atoms with Gasteiger partial charge in [0.05, 0.1) is 11.4 Å². The second-order valence-electron chi connectivity index (χ2n) is 4.88. The van der Waals surface area contributed by atoms with E-state index in [1.54, 1.807) is 24.3 Å². The molecular formula is C18H17ClN2O. The molecule has 112 valence electrons. The molecule has 0 spiro atoms. The van der Waals surface area contributed by atoms with Gasteiger partial charge in [-0.1, -0.05) is 54.9 Å². The van der Waals surface area contributed by atoms with Gasteiger partial charge in [0.1, 0.15) is 0 Å². The van der Waals surface area contributed by atoms with Crippen molar-refractivity contribution < 1.29 is 4.79 Å². The minimum absolute atomic E-state index is 0.0363. The lowest BCUT2D eigenvalue weighted by atomic mass is 9.93. The molecule has 0 unspecified atom stereocenters. The summed E-state index contributed by atoms with van der Waals surface area (Å²) in [6.07, 6.45) is 1.50. The van der Waals surface area contributed by atoms with Gasteiger partial charge in [-0.05, 0) is 29.7 Å². The Labute approximate surface area is 134 Å². The van der Waals surface area contributed by atoms with E-state index in [1.807, 2.05) is 24.3 Å².